The summed E-state index contributed by atoms with van der Waals surface area (Å²) in [6.45, 7) is 2.27. The molecular formula is C25H27N5O5. The summed E-state index contributed by atoms with van der Waals surface area (Å²) in [7, 11) is 0. The van der Waals surface area contributed by atoms with Crippen LogP contribution in [-0.2, 0) is 20.9 Å². The van der Waals surface area contributed by atoms with Gasteiger partial charge in [0, 0.05) is 42.1 Å². The third-order valence-electron chi connectivity index (χ3n) is 6.54. The fourth-order valence-corrected chi connectivity index (χ4v) is 4.66. The molecule has 0 saturated carbocycles. The van der Waals surface area contributed by atoms with Crippen LogP contribution in [0.25, 0.3) is 0 Å². The number of amides is 3. The average molecular weight is 478 g/mol. The van der Waals surface area contributed by atoms with Gasteiger partial charge in [-0.2, -0.15) is 0 Å². The smallest absolute Gasteiger partial charge is 0.259 e. The maximum Gasteiger partial charge on any atom is 0.259 e. The molecule has 2 aromatic rings. The van der Waals surface area contributed by atoms with Crippen LogP contribution in [0.3, 0.4) is 0 Å². The molecule has 3 amide bonds. The number of ether oxygens (including phenoxy) is 1. The number of nitrogens with one attached hydrogen (secondary N) is 1. The van der Waals surface area contributed by atoms with Crippen LogP contribution < -0.4 is 16.0 Å². The van der Waals surface area contributed by atoms with E-state index in [1.54, 1.807) is 47.4 Å². The zero-order valence-corrected chi connectivity index (χ0v) is 19.1. The lowest BCUT2D eigenvalue weighted by molar-refractivity contribution is -0.150. The Morgan fingerprint density at radius 1 is 1.14 bits per heavy atom. The largest absolute Gasteiger partial charge is 0.383 e. The highest BCUT2D eigenvalue weighted by atomic mass is 16.5. The van der Waals surface area contributed by atoms with Crippen LogP contribution in [0.5, 0.6) is 0 Å². The van der Waals surface area contributed by atoms with Gasteiger partial charge in [0.25, 0.3) is 17.7 Å². The van der Waals surface area contributed by atoms with Gasteiger partial charge in [0.15, 0.2) is 12.2 Å². The molecule has 10 heteroatoms. The van der Waals surface area contributed by atoms with Crippen LogP contribution in [0.15, 0.2) is 47.5 Å². The van der Waals surface area contributed by atoms with Crippen molar-refractivity contribution >= 4 is 34.9 Å². The number of hydrogen-bond donors (Lipinski definition) is 3. The number of morpholine rings is 1. The van der Waals surface area contributed by atoms with Crippen molar-refractivity contribution in [3.8, 4) is 0 Å². The molecule has 35 heavy (non-hydrogen) atoms. The predicted octanol–water partition coefficient (Wildman–Crippen LogP) is 0.873. The Labute approximate surface area is 202 Å². The van der Waals surface area contributed by atoms with E-state index in [0.29, 0.717) is 29.3 Å². The fraction of sp³-hybridized carbons (Fsp3) is 0.360. The number of aliphatic hydroxyl groups is 1. The minimum absolute atomic E-state index is 0.0671. The van der Waals surface area contributed by atoms with E-state index in [1.165, 1.54) is 4.90 Å². The second-order valence-corrected chi connectivity index (χ2v) is 8.84. The molecular weight excluding hydrogens is 450 g/mol. The Bertz CT molecular complexity index is 1210. The highest BCUT2D eigenvalue weighted by molar-refractivity contribution is 6.05. The quantitative estimate of drug-likeness (QED) is 0.584. The molecule has 2 atom stereocenters. The summed E-state index contributed by atoms with van der Waals surface area (Å²) in [6.07, 6.45) is -1.10. The van der Waals surface area contributed by atoms with E-state index in [1.807, 2.05) is 0 Å². The molecule has 3 aliphatic heterocycles. The minimum Gasteiger partial charge on any atom is -0.383 e. The number of aliphatic hydroxyl groups excluding tert-OH is 1. The summed E-state index contributed by atoms with van der Waals surface area (Å²) in [4.78, 5) is 46.1. The second kappa shape index (κ2) is 9.47. The Hall–Kier alpha value is -3.76. The van der Waals surface area contributed by atoms with Gasteiger partial charge in [0.2, 0.25) is 0 Å². The van der Waals surface area contributed by atoms with Crippen LogP contribution >= 0.6 is 0 Å². The van der Waals surface area contributed by atoms with E-state index in [9.17, 15) is 19.5 Å². The molecule has 10 nitrogen and oxygen atoms in total. The third-order valence-corrected chi connectivity index (χ3v) is 6.54. The number of hydrogen-bond acceptors (Lipinski definition) is 7. The lowest BCUT2D eigenvalue weighted by Gasteiger charge is -2.34. The lowest BCUT2D eigenvalue weighted by Crippen LogP contribution is -2.55. The van der Waals surface area contributed by atoms with Crippen molar-refractivity contribution in [2.75, 3.05) is 36.5 Å². The lowest BCUT2D eigenvalue weighted by atomic mass is 10.1. The van der Waals surface area contributed by atoms with E-state index < -0.39 is 24.0 Å². The molecule has 0 aliphatic carbocycles. The van der Waals surface area contributed by atoms with E-state index in [4.69, 9.17) is 10.5 Å². The number of likely N-dealkylation sites (tertiary alicyclic amines) is 1. The zero-order chi connectivity index (χ0) is 24.5. The first kappa shape index (κ1) is 23.0. The van der Waals surface area contributed by atoms with E-state index in [0.717, 1.165) is 37.1 Å². The molecule has 3 heterocycles. The average Bonchev–Trinajstić information content (AvgIpc) is 3.54. The molecule has 0 spiro atoms. The molecule has 5 rings (SSSR count). The van der Waals surface area contributed by atoms with Crippen molar-refractivity contribution in [3.63, 3.8) is 0 Å². The van der Waals surface area contributed by atoms with Gasteiger partial charge in [-0.05, 0) is 54.8 Å². The number of rotatable bonds is 5. The Kier molecular flexibility index (Phi) is 6.23. The summed E-state index contributed by atoms with van der Waals surface area (Å²) in [6, 6.07) is 12.0. The van der Waals surface area contributed by atoms with Gasteiger partial charge in [-0.15, -0.1) is 0 Å². The van der Waals surface area contributed by atoms with Crippen molar-refractivity contribution in [2.24, 2.45) is 10.7 Å². The number of anilines is 2. The number of fused-ring (bicyclic) bond motifs is 1. The van der Waals surface area contributed by atoms with Gasteiger partial charge in [-0.1, -0.05) is 6.07 Å². The summed E-state index contributed by atoms with van der Waals surface area (Å²) in [5.41, 5.74) is 8.99. The van der Waals surface area contributed by atoms with Crippen LogP contribution in [0, 0.1) is 0 Å². The minimum atomic E-state index is -1.71. The number of nitrogens with two attached hydrogens (primary N) is 1. The Balaban J connectivity index is 1.28. The molecule has 4 N–H and O–H groups in total. The van der Waals surface area contributed by atoms with Crippen molar-refractivity contribution in [2.45, 2.75) is 31.6 Å². The van der Waals surface area contributed by atoms with E-state index in [-0.39, 0.29) is 19.1 Å². The molecule has 2 fully saturated rings. The maximum absolute atomic E-state index is 13.2. The predicted molar refractivity (Wildman–Crippen MR) is 129 cm³/mol. The SMILES string of the molecule is NC1=NCc2cc(NC(=O)C(O)C3OCCN(c4cccc(C(=O)N5CCCC5)c4)C3=O)ccc21. The van der Waals surface area contributed by atoms with Crippen LogP contribution in [-0.4, -0.2) is 72.0 Å². The monoisotopic (exact) mass is 477 g/mol. The number of benzene rings is 2. The van der Waals surface area contributed by atoms with Gasteiger partial charge in [0.1, 0.15) is 5.84 Å². The first-order valence-electron chi connectivity index (χ1n) is 11.7. The maximum atomic E-state index is 13.2. The highest BCUT2D eigenvalue weighted by Gasteiger charge is 2.39. The van der Waals surface area contributed by atoms with Crippen LogP contribution in [0.1, 0.15) is 34.3 Å². The first-order valence-corrected chi connectivity index (χ1v) is 11.7. The second-order valence-electron chi connectivity index (χ2n) is 8.84. The number of carbonyl (C=O) groups excluding carboxylic acids is 3. The summed E-state index contributed by atoms with van der Waals surface area (Å²) >= 11 is 0. The molecule has 0 radical (unpaired) electrons. The number of aliphatic imine (C=N–C) groups is 1. The number of amidine groups is 1. The van der Waals surface area contributed by atoms with E-state index in [2.05, 4.69) is 10.3 Å². The molecule has 0 aromatic heterocycles. The van der Waals surface area contributed by atoms with Crippen molar-refractivity contribution < 1.29 is 24.2 Å². The van der Waals surface area contributed by atoms with Gasteiger partial charge < -0.3 is 30.7 Å². The zero-order valence-electron chi connectivity index (χ0n) is 19.1. The van der Waals surface area contributed by atoms with Crippen molar-refractivity contribution in [1.29, 1.82) is 0 Å². The summed E-state index contributed by atoms with van der Waals surface area (Å²) in [5.74, 6) is -0.914. The number of carbonyl (C=O) groups is 3. The van der Waals surface area contributed by atoms with Crippen LogP contribution in [0.2, 0.25) is 0 Å². The molecule has 2 unspecified atom stereocenters. The van der Waals surface area contributed by atoms with Crippen LogP contribution in [0.4, 0.5) is 11.4 Å². The summed E-state index contributed by atoms with van der Waals surface area (Å²) < 4.78 is 5.50. The summed E-state index contributed by atoms with van der Waals surface area (Å²) in [5, 5.41) is 13.3. The molecule has 3 aliphatic rings. The Morgan fingerprint density at radius 2 is 1.94 bits per heavy atom. The topological polar surface area (TPSA) is 138 Å². The molecule has 0 bridgehead atoms. The van der Waals surface area contributed by atoms with Crippen molar-refractivity contribution in [3.05, 3.63) is 59.2 Å². The van der Waals surface area contributed by atoms with E-state index >= 15 is 0 Å². The van der Waals surface area contributed by atoms with Gasteiger partial charge in [0.05, 0.1) is 13.2 Å². The number of nitrogens with zero attached hydrogens (tertiary/aromatic N) is 3. The highest BCUT2D eigenvalue weighted by Crippen LogP contribution is 2.25. The first-order chi connectivity index (χ1) is 16.9. The third kappa shape index (κ3) is 4.50. The van der Waals surface area contributed by atoms with Gasteiger partial charge >= 0.3 is 0 Å². The molecule has 2 aromatic carbocycles. The Morgan fingerprint density at radius 3 is 2.74 bits per heavy atom. The molecule has 182 valence electrons. The van der Waals surface area contributed by atoms with Crippen molar-refractivity contribution in [1.82, 2.24) is 4.90 Å². The standard InChI is InChI=1S/C25H27N5O5/c26-22-19-7-6-17(12-16(19)14-27-22)28-23(32)20(31)21-25(34)30(10-11-35-21)18-5-3-4-15(13-18)24(33)29-8-1-2-9-29/h3-7,12-13,20-21,31H,1-2,8-11,14H2,(H2,26,27)(H,28,32). The van der Waals surface area contributed by atoms with Gasteiger partial charge in [-0.3, -0.25) is 19.4 Å². The van der Waals surface area contributed by atoms with Gasteiger partial charge in [-0.25, -0.2) is 0 Å². The molecule has 2 saturated heterocycles. The fourth-order valence-electron chi connectivity index (χ4n) is 4.66. The normalized spacial score (nSPS) is 20.4.